The lowest BCUT2D eigenvalue weighted by molar-refractivity contribution is -0.127. The second kappa shape index (κ2) is 6.30. The molecule has 0 aliphatic heterocycles. The van der Waals surface area contributed by atoms with Crippen molar-refractivity contribution in [3.8, 4) is 5.82 Å². The number of halogens is 4. The smallest absolute Gasteiger partial charge is 0.394 e. The van der Waals surface area contributed by atoms with Crippen molar-refractivity contribution >= 4 is 17.6 Å². The Morgan fingerprint density at radius 1 is 1.41 bits per heavy atom. The summed E-state index contributed by atoms with van der Waals surface area (Å²) in [6.07, 6.45) is -3.26. The Balaban J connectivity index is 2.48. The second-order valence-corrected chi connectivity index (χ2v) is 4.53. The fourth-order valence-corrected chi connectivity index (χ4v) is 1.82. The number of carbonyl (C=O) groups excluding carboxylic acids is 1. The molecule has 0 radical (unpaired) electrons. The fraction of sp³-hybridized carbons (Fsp3) is 0.333. The minimum absolute atomic E-state index is 0.0141. The Bertz CT molecular complexity index is 687. The van der Waals surface area contributed by atoms with Crippen LogP contribution >= 0.6 is 11.6 Å². The molecule has 0 saturated heterocycles. The fourth-order valence-electron chi connectivity index (χ4n) is 1.68. The zero-order valence-electron chi connectivity index (χ0n) is 11.3. The van der Waals surface area contributed by atoms with Gasteiger partial charge in [-0.1, -0.05) is 11.6 Å². The lowest BCUT2D eigenvalue weighted by Crippen LogP contribution is -2.14. The number of alkyl halides is 3. The van der Waals surface area contributed by atoms with Crippen LogP contribution in [0, 0.1) is 0 Å². The molecule has 2 heterocycles. The average Bonchev–Trinajstić information content (AvgIpc) is 2.80. The molecule has 0 aromatic carbocycles. The maximum absolute atomic E-state index is 12.5. The van der Waals surface area contributed by atoms with E-state index in [1.54, 1.807) is 6.92 Å². The monoisotopic (exact) mass is 334 g/mol. The summed E-state index contributed by atoms with van der Waals surface area (Å²) in [4.78, 5) is 19.5. The largest absolute Gasteiger partial charge is 0.461 e. The quantitative estimate of drug-likeness (QED) is 0.804. The first-order chi connectivity index (χ1) is 10.3. The Hall–Kier alpha value is -2.16. The van der Waals surface area contributed by atoms with Gasteiger partial charge in [0, 0.05) is 0 Å². The molecule has 0 fully saturated rings. The molecule has 0 bridgehead atoms. The van der Waals surface area contributed by atoms with Crippen LogP contribution in [-0.4, -0.2) is 38.5 Å². The number of aromatic nitrogens is 4. The van der Waals surface area contributed by atoms with Gasteiger partial charge >= 0.3 is 12.1 Å². The van der Waals surface area contributed by atoms with E-state index in [4.69, 9.17) is 16.3 Å². The van der Waals surface area contributed by atoms with E-state index in [1.807, 2.05) is 0 Å². The van der Waals surface area contributed by atoms with Crippen molar-refractivity contribution in [3.63, 3.8) is 0 Å². The summed E-state index contributed by atoms with van der Waals surface area (Å²) < 4.78 is 43.2. The SMILES string of the molecule is CCOC(=O)c1cc(CC(F)(F)F)nn1-c1cncc(Cl)n1. The molecule has 0 spiro atoms. The molecule has 22 heavy (non-hydrogen) atoms. The van der Waals surface area contributed by atoms with Crippen molar-refractivity contribution in [1.29, 1.82) is 0 Å². The average molecular weight is 335 g/mol. The summed E-state index contributed by atoms with van der Waals surface area (Å²) in [7, 11) is 0. The van der Waals surface area contributed by atoms with E-state index in [1.165, 1.54) is 12.4 Å². The number of hydrogen-bond acceptors (Lipinski definition) is 5. The summed E-state index contributed by atoms with van der Waals surface area (Å²) >= 11 is 5.69. The molecule has 0 atom stereocenters. The van der Waals surface area contributed by atoms with E-state index in [2.05, 4.69) is 15.1 Å². The summed E-state index contributed by atoms with van der Waals surface area (Å²) in [6, 6.07) is 1.01. The number of carbonyl (C=O) groups is 1. The van der Waals surface area contributed by atoms with Gasteiger partial charge in [-0.15, -0.1) is 0 Å². The Kier molecular flexibility index (Phi) is 4.65. The standard InChI is InChI=1S/C12H10ClF3N4O2/c1-2-22-11(21)8-3-7(4-12(14,15)16)19-20(8)10-6-17-5-9(13)18-10/h3,5-6H,2,4H2,1H3. The van der Waals surface area contributed by atoms with E-state index in [0.29, 0.717) is 0 Å². The predicted octanol–water partition coefficient (Wildman–Crippen LogP) is 2.60. The topological polar surface area (TPSA) is 69.9 Å². The Labute approximate surface area is 127 Å². The van der Waals surface area contributed by atoms with Gasteiger partial charge in [0.25, 0.3) is 0 Å². The summed E-state index contributed by atoms with van der Waals surface area (Å²) in [5.41, 5.74) is -0.519. The molecule has 0 aliphatic rings. The number of esters is 1. The van der Waals surface area contributed by atoms with Crippen molar-refractivity contribution in [2.75, 3.05) is 6.61 Å². The molecule has 2 aromatic rings. The van der Waals surface area contributed by atoms with Crippen LogP contribution in [0.4, 0.5) is 13.2 Å². The number of nitrogens with zero attached hydrogens (tertiary/aromatic N) is 4. The van der Waals surface area contributed by atoms with E-state index in [9.17, 15) is 18.0 Å². The molecule has 2 aromatic heterocycles. The lowest BCUT2D eigenvalue weighted by Gasteiger charge is -2.05. The first kappa shape index (κ1) is 16.2. The van der Waals surface area contributed by atoms with Gasteiger partial charge in [0.1, 0.15) is 5.15 Å². The van der Waals surface area contributed by atoms with Crippen LogP contribution in [0.3, 0.4) is 0 Å². The Morgan fingerprint density at radius 2 is 2.14 bits per heavy atom. The number of rotatable bonds is 4. The van der Waals surface area contributed by atoms with Crippen molar-refractivity contribution < 1.29 is 22.7 Å². The lowest BCUT2D eigenvalue weighted by atomic mass is 10.3. The first-order valence-electron chi connectivity index (χ1n) is 6.11. The molecular formula is C12H10ClF3N4O2. The van der Waals surface area contributed by atoms with Gasteiger partial charge in [-0.2, -0.15) is 18.3 Å². The van der Waals surface area contributed by atoms with Crippen molar-refractivity contribution in [2.45, 2.75) is 19.5 Å². The molecule has 6 nitrogen and oxygen atoms in total. The highest BCUT2D eigenvalue weighted by atomic mass is 35.5. The zero-order valence-corrected chi connectivity index (χ0v) is 12.0. The highest BCUT2D eigenvalue weighted by Crippen LogP contribution is 2.22. The van der Waals surface area contributed by atoms with E-state index >= 15 is 0 Å². The summed E-state index contributed by atoms with van der Waals surface area (Å²) in [5.74, 6) is -0.797. The van der Waals surface area contributed by atoms with E-state index in [0.717, 1.165) is 10.7 Å². The third-order valence-corrected chi connectivity index (χ3v) is 2.62. The van der Waals surface area contributed by atoms with Crippen LogP contribution in [0.25, 0.3) is 5.82 Å². The summed E-state index contributed by atoms with van der Waals surface area (Å²) in [6.45, 7) is 1.65. The molecule has 10 heteroatoms. The maximum atomic E-state index is 12.5. The van der Waals surface area contributed by atoms with E-state index in [-0.39, 0.29) is 29.0 Å². The normalized spacial score (nSPS) is 11.5. The van der Waals surface area contributed by atoms with Gasteiger partial charge in [0.05, 0.1) is 31.1 Å². The third-order valence-electron chi connectivity index (χ3n) is 2.44. The van der Waals surface area contributed by atoms with E-state index < -0.39 is 18.6 Å². The molecule has 2 rings (SSSR count). The minimum atomic E-state index is -4.45. The minimum Gasteiger partial charge on any atom is -0.461 e. The molecular weight excluding hydrogens is 325 g/mol. The second-order valence-electron chi connectivity index (χ2n) is 4.15. The van der Waals surface area contributed by atoms with Gasteiger partial charge in [0.15, 0.2) is 11.5 Å². The number of hydrogen-bond donors (Lipinski definition) is 0. The molecule has 0 amide bonds. The third kappa shape index (κ3) is 3.94. The highest BCUT2D eigenvalue weighted by molar-refractivity contribution is 6.29. The van der Waals surface area contributed by atoms with Crippen LogP contribution in [-0.2, 0) is 11.2 Å². The Morgan fingerprint density at radius 3 is 2.73 bits per heavy atom. The predicted molar refractivity (Wildman–Crippen MR) is 69.9 cm³/mol. The van der Waals surface area contributed by atoms with Crippen LogP contribution < -0.4 is 0 Å². The maximum Gasteiger partial charge on any atom is 0.394 e. The van der Waals surface area contributed by atoms with Gasteiger partial charge in [-0.3, -0.25) is 4.98 Å². The zero-order chi connectivity index (χ0) is 16.3. The molecule has 0 saturated carbocycles. The van der Waals surface area contributed by atoms with Gasteiger partial charge in [-0.25, -0.2) is 14.5 Å². The highest BCUT2D eigenvalue weighted by Gasteiger charge is 2.31. The van der Waals surface area contributed by atoms with Crippen molar-refractivity contribution in [3.05, 3.63) is 35.0 Å². The van der Waals surface area contributed by atoms with Crippen molar-refractivity contribution in [1.82, 2.24) is 19.7 Å². The molecule has 0 aliphatic carbocycles. The van der Waals surface area contributed by atoms with Crippen molar-refractivity contribution in [2.24, 2.45) is 0 Å². The summed E-state index contributed by atoms with van der Waals surface area (Å²) in [5, 5.41) is 3.76. The first-order valence-corrected chi connectivity index (χ1v) is 6.48. The van der Waals surface area contributed by atoms with Gasteiger partial charge in [0.2, 0.25) is 0 Å². The van der Waals surface area contributed by atoms with Gasteiger partial charge in [-0.05, 0) is 13.0 Å². The van der Waals surface area contributed by atoms with Crippen LogP contribution in [0.5, 0.6) is 0 Å². The molecule has 0 N–H and O–H groups in total. The number of ether oxygens (including phenoxy) is 1. The van der Waals surface area contributed by atoms with Crippen LogP contribution in [0.2, 0.25) is 5.15 Å². The van der Waals surface area contributed by atoms with Crippen LogP contribution in [0.1, 0.15) is 23.1 Å². The molecule has 118 valence electrons. The molecule has 0 unspecified atom stereocenters. The van der Waals surface area contributed by atoms with Gasteiger partial charge < -0.3 is 4.74 Å². The van der Waals surface area contributed by atoms with Crippen LogP contribution in [0.15, 0.2) is 18.5 Å².